The summed E-state index contributed by atoms with van der Waals surface area (Å²) in [6, 6.07) is 3.33. The van der Waals surface area contributed by atoms with Crippen molar-refractivity contribution in [3.63, 3.8) is 0 Å². The standard InChI is InChI=1S/C13H16ClN3O2/c1-8(13-15-3-4-16-13)17-7-9-5-10(14)6-11(19-2)12(9)18/h3-6,8,17-18H,7H2,1-2H3,(H,15,16). The fraction of sp³-hybridized carbons (Fsp3) is 0.308. The highest BCUT2D eigenvalue weighted by atomic mass is 35.5. The number of imidazole rings is 1. The molecule has 0 aliphatic carbocycles. The van der Waals surface area contributed by atoms with Crippen molar-refractivity contribution in [3.05, 3.63) is 40.9 Å². The van der Waals surface area contributed by atoms with Gasteiger partial charge in [-0.3, -0.25) is 0 Å². The third-order valence-electron chi connectivity index (χ3n) is 2.87. The van der Waals surface area contributed by atoms with Gasteiger partial charge < -0.3 is 20.1 Å². The van der Waals surface area contributed by atoms with Crippen molar-refractivity contribution in [1.82, 2.24) is 15.3 Å². The summed E-state index contributed by atoms with van der Waals surface area (Å²) in [7, 11) is 1.49. The number of aromatic amines is 1. The van der Waals surface area contributed by atoms with Gasteiger partial charge in [-0.25, -0.2) is 4.98 Å². The zero-order valence-corrected chi connectivity index (χ0v) is 11.5. The first-order valence-electron chi connectivity index (χ1n) is 5.90. The van der Waals surface area contributed by atoms with E-state index in [1.807, 2.05) is 6.92 Å². The minimum absolute atomic E-state index is 0.0411. The lowest BCUT2D eigenvalue weighted by Gasteiger charge is -2.14. The normalized spacial score (nSPS) is 12.4. The molecule has 2 aromatic rings. The minimum atomic E-state index is 0.0411. The van der Waals surface area contributed by atoms with Crippen molar-refractivity contribution in [2.24, 2.45) is 0 Å². The first-order chi connectivity index (χ1) is 9.11. The van der Waals surface area contributed by atoms with Gasteiger partial charge >= 0.3 is 0 Å². The van der Waals surface area contributed by atoms with Crippen LogP contribution >= 0.6 is 11.6 Å². The second kappa shape index (κ2) is 5.95. The lowest BCUT2D eigenvalue weighted by Crippen LogP contribution is -2.19. The molecule has 0 aliphatic rings. The molecule has 0 fully saturated rings. The number of nitrogens with one attached hydrogen (secondary N) is 2. The fourth-order valence-corrected chi connectivity index (χ4v) is 2.02. The van der Waals surface area contributed by atoms with Crippen LogP contribution in [-0.2, 0) is 6.54 Å². The van der Waals surface area contributed by atoms with Gasteiger partial charge in [0.05, 0.1) is 13.2 Å². The Morgan fingerprint density at radius 3 is 2.95 bits per heavy atom. The summed E-state index contributed by atoms with van der Waals surface area (Å²) in [6.45, 7) is 2.45. The molecule has 0 radical (unpaired) electrons. The molecular weight excluding hydrogens is 266 g/mol. The molecule has 19 heavy (non-hydrogen) atoms. The van der Waals surface area contributed by atoms with E-state index in [0.717, 1.165) is 5.82 Å². The van der Waals surface area contributed by atoms with Crippen LogP contribution in [-0.4, -0.2) is 22.2 Å². The Morgan fingerprint density at radius 1 is 1.53 bits per heavy atom. The summed E-state index contributed by atoms with van der Waals surface area (Å²) in [4.78, 5) is 7.21. The average Bonchev–Trinajstić information content (AvgIpc) is 2.93. The van der Waals surface area contributed by atoms with E-state index in [1.165, 1.54) is 7.11 Å². The number of benzene rings is 1. The van der Waals surface area contributed by atoms with E-state index in [0.29, 0.717) is 22.9 Å². The number of hydrogen-bond acceptors (Lipinski definition) is 4. The number of phenols is 1. The molecule has 0 saturated heterocycles. The van der Waals surface area contributed by atoms with Crippen LogP contribution in [0.3, 0.4) is 0 Å². The molecule has 0 spiro atoms. The number of H-pyrrole nitrogens is 1. The van der Waals surface area contributed by atoms with Crippen molar-refractivity contribution < 1.29 is 9.84 Å². The van der Waals surface area contributed by atoms with Gasteiger partial charge in [-0.05, 0) is 13.0 Å². The molecule has 0 bridgehead atoms. The molecule has 1 aromatic heterocycles. The molecule has 1 aromatic carbocycles. The summed E-state index contributed by atoms with van der Waals surface area (Å²) in [5.41, 5.74) is 0.683. The Morgan fingerprint density at radius 2 is 2.32 bits per heavy atom. The van der Waals surface area contributed by atoms with E-state index in [-0.39, 0.29) is 11.8 Å². The maximum atomic E-state index is 10.0. The summed E-state index contributed by atoms with van der Waals surface area (Å²) in [5.74, 6) is 1.31. The van der Waals surface area contributed by atoms with Crippen LogP contribution in [0.2, 0.25) is 5.02 Å². The smallest absolute Gasteiger partial charge is 0.162 e. The largest absolute Gasteiger partial charge is 0.504 e. The van der Waals surface area contributed by atoms with Crippen molar-refractivity contribution >= 4 is 11.6 Å². The maximum Gasteiger partial charge on any atom is 0.162 e. The number of aromatic nitrogens is 2. The predicted molar refractivity (Wildman–Crippen MR) is 73.5 cm³/mol. The molecule has 2 rings (SSSR count). The Bertz CT molecular complexity index is 543. The van der Waals surface area contributed by atoms with Crippen LogP contribution in [0.1, 0.15) is 24.4 Å². The third kappa shape index (κ3) is 3.19. The van der Waals surface area contributed by atoms with E-state index in [2.05, 4.69) is 15.3 Å². The summed E-state index contributed by atoms with van der Waals surface area (Å²) >= 11 is 5.98. The molecule has 102 valence electrons. The first kappa shape index (κ1) is 13.7. The zero-order chi connectivity index (χ0) is 13.8. The van der Waals surface area contributed by atoms with Gasteiger partial charge in [0.2, 0.25) is 0 Å². The number of phenolic OH excluding ortho intramolecular Hbond substituents is 1. The number of aromatic hydroxyl groups is 1. The molecule has 1 unspecified atom stereocenters. The number of ether oxygens (including phenoxy) is 1. The molecule has 0 saturated carbocycles. The van der Waals surface area contributed by atoms with Gasteiger partial charge in [0, 0.05) is 35.6 Å². The number of halogens is 1. The van der Waals surface area contributed by atoms with E-state index >= 15 is 0 Å². The van der Waals surface area contributed by atoms with Gasteiger partial charge in [0.1, 0.15) is 5.82 Å². The average molecular weight is 282 g/mol. The molecule has 1 atom stereocenters. The lowest BCUT2D eigenvalue weighted by molar-refractivity contribution is 0.369. The predicted octanol–water partition coefficient (Wildman–Crippen LogP) is 2.63. The van der Waals surface area contributed by atoms with Crippen LogP contribution in [0.5, 0.6) is 11.5 Å². The minimum Gasteiger partial charge on any atom is -0.504 e. The molecule has 6 heteroatoms. The quantitative estimate of drug-likeness (QED) is 0.788. The van der Waals surface area contributed by atoms with Crippen LogP contribution in [0, 0.1) is 0 Å². The monoisotopic (exact) mass is 281 g/mol. The summed E-state index contributed by atoms with van der Waals surface area (Å²) in [6.07, 6.45) is 3.47. The Kier molecular flexibility index (Phi) is 4.29. The van der Waals surface area contributed by atoms with E-state index < -0.39 is 0 Å². The van der Waals surface area contributed by atoms with Crippen molar-refractivity contribution in [3.8, 4) is 11.5 Å². The molecule has 1 heterocycles. The highest BCUT2D eigenvalue weighted by Crippen LogP contribution is 2.33. The van der Waals surface area contributed by atoms with E-state index in [9.17, 15) is 5.11 Å². The number of methoxy groups -OCH3 is 1. The number of hydrogen-bond donors (Lipinski definition) is 3. The second-order valence-corrected chi connectivity index (χ2v) is 4.63. The van der Waals surface area contributed by atoms with Crippen LogP contribution in [0.25, 0.3) is 0 Å². The van der Waals surface area contributed by atoms with Gasteiger partial charge in [0.15, 0.2) is 11.5 Å². The summed E-state index contributed by atoms with van der Waals surface area (Å²) in [5, 5.41) is 13.8. The number of rotatable bonds is 5. The molecule has 0 amide bonds. The Balaban J connectivity index is 2.09. The van der Waals surface area contributed by atoms with Gasteiger partial charge in [0.25, 0.3) is 0 Å². The van der Waals surface area contributed by atoms with Gasteiger partial charge in [-0.1, -0.05) is 11.6 Å². The van der Waals surface area contributed by atoms with Crippen molar-refractivity contribution in [1.29, 1.82) is 0 Å². The maximum absolute atomic E-state index is 10.0. The highest BCUT2D eigenvalue weighted by Gasteiger charge is 2.12. The molecule has 5 nitrogen and oxygen atoms in total. The number of nitrogens with zero attached hydrogens (tertiary/aromatic N) is 1. The summed E-state index contributed by atoms with van der Waals surface area (Å²) < 4.78 is 5.06. The molecular formula is C13H16ClN3O2. The highest BCUT2D eigenvalue weighted by molar-refractivity contribution is 6.30. The van der Waals surface area contributed by atoms with Gasteiger partial charge in [-0.15, -0.1) is 0 Å². The van der Waals surface area contributed by atoms with E-state index in [1.54, 1.807) is 24.5 Å². The zero-order valence-electron chi connectivity index (χ0n) is 10.8. The second-order valence-electron chi connectivity index (χ2n) is 4.19. The Hall–Kier alpha value is -1.72. The topological polar surface area (TPSA) is 70.2 Å². The first-order valence-corrected chi connectivity index (χ1v) is 6.27. The van der Waals surface area contributed by atoms with Crippen molar-refractivity contribution in [2.75, 3.05) is 7.11 Å². The third-order valence-corrected chi connectivity index (χ3v) is 3.09. The van der Waals surface area contributed by atoms with Crippen molar-refractivity contribution in [2.45, 2.75) is 19.5 Å². The van der Waals surface area contributed by atoms with Crippen LogP contribution in [0.15, 0.2) is 24.5 Å². The van der Waals surface area contributed by atoms with E-state index in [4.69, 9.17) is 16.3 Å². The van der Waals surface area contributed by atoms with Crippen LogP contribution < -0.4 is 10.1 Å². The van der Waals surface area contributed by atoms with Crippen LogP contribution in [0.4, 0.5) is 0 Å². The fourth-order valence-electron chi connectivity index (χ4n) is 1.79. The Labute approximate surface area is 116 Å². The SMILES string of the molecule is COc1cc(Cl)cc(CNC(C)c2ncc[nH]2)c1O. The lowest BCUT2D eigenvalue weighted by atomic mass is 10.1. The molecule has 3 N–H and O–H groups in total. The van der Waals surface area contributed by atoms with Gasteiger partial charge in [-0.2, -0.15) is 0 Å². The molecule has 0 aliphatic heterocycles.